The zero-order valence-electron chi connectivity index (χ0n) is 11.3. The highest BCUT2D eigenvalue weighted by molar-refractivity contribution is 5.96. The highest BCUT2D eigenvalue weighted by Crippen LogP contribution is 2.20. The molecule has 1 heterocycles. The van der Waals surface area contributed by atoms with Crippen LogP contribution in [0.1, 0.15) is 26.7 Å². The molecule has 0 aromatic heterocycles. The first kappa shape index (κ1) is 14.5. The summed E-state index contributed by atoms with van der Waals surface area (Å²) in [5.41, 5.74) is 0.703. The molecule has 1 fully saturated rings. The minimum Gasteiger partial charge on any atom is -0.469 e. The van der Waals surface area contributed by atoms with E-state index in [0.717, 1.165) is 0 Å². The molecule has 0 aromatic rings. The Hall–Kier alpha value is -1.58. The third-order valence-corrected chi connectivity index (χ3v) is 3.22. The fraction of sp³-hybridized carbons (Fsp3) is 0.571. The topological polar surface area (TPSA) is 46.6 Å². The maximum atomic E-state index is 12.2. The molecular weight excluding hydrogens is 230 g/mol. The van der Waals surface area contributed by atoms with Gasteiger partial charge in [-0.1, -0.05) is 18.2 Å². The van der Waals surface area contributed by atoms with Crippen LogP contribution >= 0.6 is 0 Å². The van der Waals surface area contributed by atoms with Gasteiger partial charge in [0.25, 0.3) is 5.91 Å². The lowest BCUT2D eigenvalue weighted by Gasteiger charge is -2.31. The van der Waals surface area contributed by atoms with E-state index in [9.17, 15) is 9.59 Å². The third-order valence-electron chi connectivity index (χ3n) is 3.22. The molecule has 18 heavy (non-hydrogen) atoms. The van der Waals surface area contributed by atoms with E-state index < -0.39 is 0 Å². The number of methoxy groups -OCH3 is 1. The van der Waals surface area contributed by atoms with Gasteiger partial charge in [0.05, 0.1) is 13.0 Å². The fourth-order valence-electron chi connectivity index (χ4n) is 2.14. The van der Waals surface area contributed by atoms with Crippen LogP contribution in [0, 0.1) is 5.92 Å². The van der Waals surface area contributed by atoms with E-state index >= 15 is 0 Å². The molecule has 0 unspecified atom stereocenters. The number of carbonyl (C=O) groups excluding carboxylic acids is 2. The van der Waals surface area contributed by atoms with Gasteiger partial charge in [-0.15, -0.1) is 0 Å². The van der Waals surface area contributed by atoms with Crippen molar-refractivity contribution in [2.24, 2.45) is 5.92 Å². The summed E-state index contributed by atoms with van der Waals surface area (Å²) in [5, 5.41) is 0. The number of likely N-dealkylation sites (tertiary alicyclic amines) is 1. The SMILES string of the molecule is CC=CC(=CC)C(=O)N1CCC(C(=O)OC)CC1. The Labute approximate surface area is 108 Å². The van der Waals surface area contributed by atoms with Crippen molar-refractivity contribution in [2.45, 2.75) is 26.7 Å². The van der Waals surface area contributed by atoms with Gasteiger partial charge in [-0.05, 0) is 26.7 Å². The van der Waals surface area contributed by atoms with Crippen LogP contribution in [0.2, 0.25) is 0 Å². The molecule has 0 spiro atoms. The summed E-state index contributed by atoms with van der Waals surface area (Å²) in [5.74, 6) is -0.185. The van der Waals surface area contributed by atoms with Crippen molar-refractivity contribution >= 4 is 11.9 Å². The minimum absolute atomic E-state index is 0.0407. The summed E-state index contributed by atoms with van der Waals surface area (Å²) in [6.45, 7) is 4.98. The Morgan fingerprint density at radius 2 is 1.83 bits per heavy atom. The summed E-state index contributed by atoms with van der Waals surface area (Å²) in [6.07, 6.45) is 6.86. The van der Waals surface area contributed by atoms with E-state index in [2.05, 4.69) is 0 Å². The maximum absolute atomic E-state index is 12.2. The van der Waals surface area contributed by atoms with Crippen molar-refractivity contribution in [3.63, 3.8) is 0 Å². The molecular formula is C14H21NO3. The zero-order chi connectivity index (χ0) is 13.5. The quantitative estimate of drug-likeness (QED) is 0.437. The van der Waals surface area contributed by atoms with E-state index in [1.54, 1.807) is 4.90 Å². The Balaban J connectivity index is 2.57. The average molecular weight is 251 g/mol. The molecule has 0 aliphatic carbocycles. The highest BCUT2D eigenvalue weighted by atomic mass is 16.5. The number of hydrogen-bond acceptors (Lipinski definition) is 3. The number of piperidine rings is 1. The van der Waals surface area contributed by atoms with Gasteiger partial charge in [0.1, 0.15) is 0 Å². The van der Waals surface area contributed by atoms with Crippen LogP contribution in [0.3, 0.4) is 0 Å². The lowest BCUT2D eigenvalue weighted by Crippen LogP contribution is -2.41. The number of carbonyl (C=O) groups is 2. The maximum Gasteiger partial charge on any atom is 0.308 e. The molecule has 0 N–H and O–H groups in total. The Morgan fingerprint density at radius 1 is 1.22 bits per heavy atom. The molecule has 0 bridgehead atoms. The van der Waals surface area contributed by atoms with Crippen LogP contribution in [-0.4, -0.2) is 37.0 Å². The number of amides is 1. The van der Waals surface area contributed by atoms with Crippen molar-refractivity contribution in [3.8, 4) is 0 Å². The van der Waals surface area contributed by atoms with Gasteiger partial charge >= 0.3 is 5.97 Å². The predicted octanol–water partition coefficient (Wildman–Crippen LogP) is 1.92. The Kier molecular flexibility index (Phi) is 5.62. The van der Waals surface area contributed by atoms with Crippen molar-refractivity contribution in [3.05, 3.63) is 23.8 Å². The minimum atomic E-state index is -0.165. The Morgan fingerprint density at radius 3 is 2.28 bits per heavy atom. The molecule has 0 atom stereocenters. The second-order valence-corrected chi connectivity index (χ2v) is 4.33. The number of ether oxygens (including phenoxy) is 1. The smallest absolute Gasteiger partial charge is 0.308 e. The van der Waals surface area contributed by atoms with Gasteiger partial charge in [0.2, 0.25) is 0 Å². The first-order valence-electron chi connectivity index (χ1n) is 6.30. The molecule has 100 valence electrons. The Bertz CT molecular complexity index is 363. The number of hydrogen-bond donors (Lipinski definition) is 0. The average Bonchev–Trinajstić information content (AvgIpc) is 2.43. The first-order valence-corrected chi connectivity index (χ1v) is 6.30. The predicted molar refractivity (Wildman–Crippen MR) is 69.9 cm³/mol. The number of nitrogens with zero attached hydrogens (tertiary/aromatic N) is 1. The van der Waals surface area contributed by atoms with Crippen molar-refractivity contribution in [1.29, 1.82) is 0 Å². The van der Waals surface area contributed by atoms with E-state index in [-0.39, 0.29) is 17.8 Å². The van der Waals surface area contributed by atoms with Crippen LogP contribution in [0.25, 0.3) is 0 Å². The normalized spacial score (nSPS) is 18.2. The van der Waals surface area contributed by atoms with Crippen molar-refractivity contribution in [2.75, 3.05) is 20.2 Å². The molecule has 0 aromatic carbocycles. The standard InChI is InChI=1S/C14H21NO3/c1-4-6-11(5-2)13(16)15-9-7-12(8-10-15)14(17)18-3/h4-6,12H,7-10H2,1-3H3. The van der Waals surface area contributed by atoms with Gasteiger partial charge in [-0.25, -0.2) is 0 Å². The second-order valence-electron chi connectivity index (χ2n) is 4.33. The second kappa shape index (κ2) is 6.99. The van der Waals surface area contributed by atoms with Crippen LogP contribution in [0.5, 0.6) is 0 Å². The van der Waals surface area contributed by atoms with Gasteiger partial charge < -0.3 is 9.64 Å². The van der Waals surface area contributed by atoms with E-state index in [4.69, 9.17) is 4.74 Å². The molecule has 1 amide bonds. The molecule has 0 radical (unpaired) electrons. The van der Waals surface area contributed by atoms with E-state index in [1.165, 1.54) is 7.11 Å². The van der Waals surface area contributed by atoms with Gasteiger partial charge in [0.15, 0.2) is 0 Å². The van der Waals surface area contributed by atoms with Crippen LogP contribution < -0.4 is 0 Å². The van der Waals surface area contributed by atoms with Gasteiger partial charge in [-0.3, -0.25) is 9.59 Å². The summed E-state index contributed by atoms with van der Waals surface area (Å²) in [7, 11) is 1.41. The fourth-order valence-corrected chi connectivity index (χ4v) is 2.14. The molecule has 0 saturated carbocycles. The highest BCUT2D eigenvalue weighted by Gasteiger charge is 2.28. The zero-order valence-corrected chi connectivity index (χ0v) is 11.3. The van der Waals surface area contributed by atoms with E-state index in [0.29, 0.717) is 31.5 Å². The van der Waals surface area contributed by atoms with Gasteiger partial charge in [0, 0.05) is 18.7 Å². The summed E-state index contributed by atoms with van der Waals surface area (Å²) in [6, 6.07) is 0. The lowest BCUT2D eigenvalue weighted by molar-refractivity contribution is -0.148. The van der Waals surface area contributed by atoms with E-state index in [1.807, 2.05) is 32.1 Å². The molecule has 4 heteroatoms. The number of esters is 1. The monoisotopic (exact) mass is 251 g/mol. The molecule has 1 aliphatic rings. The summed E-state index contributed by atoms with van der Waals surface area (Å²) < 4.78 is 4.73. The summed E-state index contributed by atoms with van der Waals surface area (Å²) in [4.78, 5) is 25.3. The first-order chi connectivity index (χ1) is 8.63. The molecule has 1 saturated heterocycles. The summed E-state index contributed by atoms with van der Waals surface area (Å²) >= 11 is 0. The lowest BCUT2D eigenvalue weighted by atomic mass is 9.96. The largest absolute Gasteiger partial charge is 0.469 e. The number of allylic oxidation sites excluding steroid dienone is 2. The van der Waals surface area contributed by atoms with Crippen LogP contribution in [0.4, 0.5) is 0 Å². The number of rotatable bonds is 3. The van der Waals surface area contributed by atoms with Crippen LogP contribution in [-0.2, 0) is 14.3 Å². The molecule has 4 nitrogen and oxygen atoms in total. The third kappa shape index (κ3) is 3.45. The van der Waals surface area contributed by atoms with Crippen molar-refractivity contribution in [1.82, 2.24) is 4.90 Å². The van der Waals surface area contributed by atoms with Gasteiger partial charge in [-0.2, -0.15) is 0 Å². The van der Waals surface area contributed by atoms with Crippen molar-refractivity contribution < 1.29 is 14.3 Å². The molecule has 1 aliphatic heterocycles. The van der Waals surface area contributed by atoms with Crippen LogP contribution in [0.15, 0.2) is 23.8 Å². The molecule has 1 rings (SSSR count).